The molecule has 0 saturated heterocycles. The van der Waals surface area contributed by atoms with Gasteiger partial charge in [0.05, 0.1) is 17.1 Å². The van der Waals surface area contributed by atoms with Crippen LogP contribution in [0, 0.1) is 11.8 Å². The van der Waals surface area contributed by atoms with Gasteiger partial charge in [0.25, 0.3) is 10.1 Å². The van der Waals surface area contributed by atoms with E-state index in [1.54, 1.807) is 0 Å². The topological polar surface area (TPSA) is 129 Å². The third-order valence-electron chi connectivity index (χ3n) is 2.78. The van der Waals surface area contributed by atoms with E-state index in [0.29, 0.717) is 0 Å². The number of hydrogen-bond donors (Lipinski definition) is 3. The van der Waals surface area contributed by atoms with Crippen LogP contribution >= 0.6 is 0 Å². The Labute approximate surface area is 120 Å². The molecule has 0 aromatic heterocycles. The van der Waals surface area contributed by atoms with E-state index in [0.717, 1.165) is 0 Å². The first-order chi connectivity index (χ1) is 7.21. The summed E-state index contributed by atoms with van der Waals surface area (Å²) in [6.45, 7) is 0. The number of hydrogen-bond acceptors (Lipinski definition) is 4. The van der Waals surface area contributed by atoms with Crippen molar-refractivity contribution in [1.82, 2.24) is 0 Å². The van der Waals surface area contributed by atoms with Crippen molar-refractivity contribution in [3.63, 3.8) is 0 Å². The first kappa shape index (κ1) is 16.9. The van der Waals surface area contributed by atoms with Crippen LogP contribution in [0.25, 0.3) is 0 Å². The Morgan fingerprint density at radius 2 is 1.29 bits per heavy atom. The van der Waals surface area contributed by atoms with Gasteiger partial charge in [0.2, 0.25) is 0 Å². The van der Waals surface area contributed by atoms with Crippen molar-refractivity contribution in [3.8, 4) is 0 Å². The second-order valence-corrected chi connectivity index (χ2v) is 5.61. The molecule has 94 valence electrons. The molecule has 3 N–H and O–H groups in total. The van der Waals surface area contributed by atoms with Crippen LogP contribution in [0.4, 0.5) is 0 Å². The Morgan fingerprint density at radius 3 is 1.53 bits per heavy atom. The molecule has 0 aliphatic heterocycles. The van der Waals surface area contributed by atoms with Crippen molar-refractivity contribution in [2.75, 3.05) is 0 Å². The number of carboxylic acid groups (broad SMARTS) is 2. The van der Waals surface area contributed by atoms with Crippen LogP contribution in [0.15, 0.2) is 0 Å². The van der Waals surface area contributed by atoms with Crippen molar-refractivity contribution < 1.29 is 32.8 Å². The molecule has 0 radical (unpaired) electrons. The van der Waals surface area contributed by atoms with Gasteiger partial charge in [0.1, 0.15) is 0 Å². The van der Waals surface area contributed by atoms with Gasteiger partial charge in [-0.25, -0.2) is 0 Å². The summed E-state index contributed by atoms with van der Waals surface area (Å²) in [5.41, 5.74) is 0. The summed E-state index contributed by atoms with van der Waals surface area (Å²) >= 11 is 0. The molecule has 0 heterocycles. The number of carbonyl (C=O) groups is 2. The van der Waals surface area contributed by atoms with Gasteiger partial charge >= 0.3 is 41.5 Å². The van der Waals surface area contributed by atoms with Gasteiger partial charge in [-0.3, -0.25) is 14.1 Å². The Balaban J connectivity index is 0.00000256. The average Bonchev–Trinajstić information content (AvgIpc) is 2.15. The molecule has 2 atom stereocenters. The molecule has 7 nitrogen and oxygen atoms in total. The van der Waals surface area contributed by atoms with Crippen LogP contribution in [-0.2, 0) is 19.7 Å². The fraction of sp³-hybridized carbons (Fsp3) is 0.750. The van der Waals surface area contributed by atoms with E-state index in [1.807, 2.05) is 0 Å². The van der Waals surface area contributed by atoms with Gasteiger partial charge in [-0.1, -0.05) is 0 Å². The van der Waals surface area contributed by atoms with Gasteiger partial charge in [-0.15, -0.1) is 0 Å². The molecular weight excluding hydrogens is 263 g/mol. The molecule has 1 aliphatic carbocycles. The van der Waals surface area contributed by atoms with Crippen molar-refractivity contribution in [1.29, 1.82) is 0 Å². The standard InChI is InChI=1S/C8H12O7S.Na.H/c9-7(10)4-1-5(8(11)12)3-6(2-4)16(13,14)15;;/h4-6H,1-3H2,(H,9,10)(H,11,12)(H,13,14,15);;. The maximum absolute atomic E-state index is 10.9. The fourth-order valence-corrected chi connectivity index (χ4v) is 2.86. The van der Waals surface area contributed by atoms with Crippen molar-refractivity contribution in [2.24, 2.45) is 11.8 Å². The quantitative estimate of drug-likeness (QED) is 0.453. The molecule has 0 aromatic carbocycles. The molecule has 9 heteroatoms. The first-order valence-corrected chi connectivity index (χ1v) is 6.14. The molecule has 17 heavy (non-hydrogen) atoms. The van der Waals surface area contributed by atoms with Crippen LogP contribution < -0.4 is 0 Å². The van der Waals surface area contributed by atoms with Crippen LogP contribution in [0.3, 0.4) is 0 Å². The van der Waals surface area contributed by atoms with E-state index in [9.17, 15) is 18.0 Å². The van der Waals surface area contributed by atoms with Crippen molar-refractivity contribution >= 4 is 51.6 Å². The normalized spacial score (nSPS) is 29.1. The summed E-state index contributed by atoms with van der Waals surface area (Å²) in [4.78, 5) is 21.5. The molecular formula is C8H13NaO7S. The molecule has 2 unspecified atom stereocenters. The Morgan fingerprint density at radius 1 is 0.941 bits per heavy atom. The average molecular weight is 276 g/mol. The second kappa shape index (κ2) is 6.14. The zero-order chi connectivity index (χ0) is 12.5. The number of aliphatic carboxylic acids is 2. The Kier molecular flexibility index (Phi) is 6.09. The third-order valence-corrected chi connectivity index (χ3v) is 4.01. The zero-order valence-electron chi connectivity index (χ0n) is 8.24. The van der Waals surface area contributed by atoms with E-state index < -0.39 is 39.1 Å². The molecule has 1 rings (SSSR count). The van der Waals surface area contributed by atoms with Gasteiger partial charge in [-0.05, 0) is 19.3 Å². The predicted octanol–water partition coefficient (Wildman–Crippen LogP) is -0.820. The van der Waals surface area contributed by atoms with Crippen molar-refractivity contribution in [2.45, 2.75) is 24.5 Å². The monoisotopic (exact) mass is 276 g/mol. The molecule has 1 saturated carbocycles. The molecule has 1 aliphatic rings. The van der Waals surface area contributed by atoms with E-state index in [4.69, 9.17) is 14.8 Å². The van der Waals surface area contributed by atoms with E-state index in [1.165, 1.54) is 0 Å². The summed E-state index contributed by atoms with van der Waals surface area (Å²) in [6, 6.07) is 0. The molecule has 0 aromatic rings. The van der Waals surface area contributed by atoms with Gasteiger partial charge in [0, 0.05) is 0 Å². The molecule has 0 bridgehead atoms. The summed E-state index contributed by atoms with van der Waals surface area (Å²) < 4.78 is 30.6. The SMILES string of the molecule is O=C(O)C1CC(C(=O)O)CC(S(=O)(=O)O)C1.[NaH]. The summed E-state index contributed by atoms with van der Waals surface area (Å²) in [7, 11) is -4.39. The Bertz CT molecular complexity index is 382. The van der Waals surface area contributed by atoms with E-state index in [2.05, 4.69) is 0 Å². The summed E-state index contributed by atoms with van der Waals surface area (Å²) in [5.74, 6) is -4.55. The van der Waals surface area contributed by atoms with Crippen LogP contribution in [0.1, 0.15) is 19.3 Å². The van der Waals surface area contributed by atoms with Crippen LogP contribution in [0.2, 0.25) is 0 Å². The van der Waals surface area contributed by atoms with Crippen molar-refractivity contribution in [3.05, 3.63) is 0 Å². The fourth-order valence-electron chi connectivity index (χ4n) is 1.91. The maximum atomic E-state index is 10.9. The minimum absolute atomic E-state index is 0. The molecule has 0 spiro atoms. The summed E-state index contributed by atoms with van der Waals surface area (Å²) in [6.07, 6.45) is -0.577. The van der Waals surface area contributed by atoms with E-state index >= 15 is 0 Å². The predicted molar refractivity (Wildman–Crippen MR) is 58.6 cm³/mol. The van der Waals surface area contributed by atoms with Gasteiger partial charge in [0.15, 0.2) is 0 Å². The number of rotatable bonds is 3. The summed E-state index contributed by atoms with van der Waals surface area (Å²) in [5, 5.41) is 16.2. The van der Waals surface area contributed by atoms with Gasteiger partial charge < -0.3 is 10.2 Å². The van der Waals surface area contributed by atoms with E-state index in [-0.39, 0.29) is 48.8 Å². The number of carboxylic acids is 2. The Hall–Kier alpha value is -0.150. The zero-order valence-corrected chi connectivity index (χ0v) is 9.05. The van der Waals surface area contributed by atoms with Crippen LogP contribution in [-0.4, -0.2) is 69.9 Å². The molecule has 1 fully saturated rings. The van der Waals surface area contributed by atoms with Gasteiger partial charge in [-0.2, -0.15) is 8.42 Å². The van der Waals surface area contributed by atoms with Crippen LogP contribution in [0.5, 0.6) is 0 Å². The first-order valence-electron chi connectivity index (χ1n) is 4.63. The molecule has 0 amide bonds. The third kappa shape index (κ3) is 4.55. The second-order valence-electron chi connectivity index (χ2n) is 3.91. The minimum atomic E-state index is -4.39.